The molecule has 0 amide bonds. The number of aliphatic hydroxyl groups excluding tert-OH is 1. The number of hydrogen-bond acceptors (Lipinski definition) is 10. The molecule has 2 N–H and O–H groups in total. The zero-order chi connectivity index (χ0) is 58.3. The molecule has 3 atom stereocenters. The van der Waals surface area contributed by atoms with Gasteiger partial charge in [-0.25, -0.2) is 4.57 Å². The molecule has 0 spiro atoms. The third kappa shape index (κ3) is 60.5. The van der Waals surface area contributed by atoms with Gasteiger partial charge in [0.15, 0.2) is 6.10 Å². The SMILES string of the molecule is CCCCCCCC/C=C\CCCCCCCCCC(=O)OCC(COP(=O)(O)OCC(CO)OC(=O)CCCCCCCCC/C=C\CCCCCCCC)OC(=O)CCCCCCCCCCCCCCCCCCCCC. The van der Waals surface area contributed by atoms with Crippen molar-refractivity contribution in [3.05, 3.63) is 24.3 Å². The van der Waals surface area contributed by atoms with Gasteiger partial charge in [0.25, 0.3) is 0 Å². The molecule has 0 radical (unpaired) electrons. The van der Waals surface area contributed by atoms with Crippen LogP contribution in [0.1, 0.15) is 355 Å². The Bertz CT molecular complexity index is 1440. The third-order valence-corrected chi connectivity index (χ3v) is 16.3. The number of unbranched alkanes of at least 4 members (excludes halogenated alkanes) is 44. The number of carbonyl (C=O) groups excluding carboxylic acids is 3. The van der Waals surface area contributed by atoms with E-state index in [1.165, 1.54) is 225 Å². The third-order valence-electron chi connectivity index (χ3n) is 15.3. The van der Waals surface area contributed by atoms with Crippen molar-refractivity contribution in [1.82, 2.24) is 0 Å². The van der Waals surface area contributed by atoms with Crippen molar-refractivity contribution < 1.29 is 52.2 Å². The van der Waals surface area contributed by atoms with Gasteiger partial charge in [0.05, 0.1) is 19.8 Å². The van der Waals surface area contributed by atoms with Crippen molar-refractivity contribution >= 4 is 25.7 Å². The second kappa shape index (κ2) is 63.0. The van der Waals surface area contributed by atoms with Crippen LogP contribution >= 0.6 is 7.82 Å². The molecule has 0 heterocycles. The molecule has 0 saturated carbocycles. The Balaban J connectivity index is 4.64. The summed E-state index contributed by atoms with van der Waals surface area (Å²) in [6, 6.07) is 0. The van der Waals surface area contributed by atoms with Crippen LogP contribution < -0.4 is 0 Å². The van der Waals surface area contributed by atoms with Crippen LogP contribution in [0.3, 0.4) is 0 Å². The van der Waals surface area contributed by atoms with Crippen molar-refractivity contribution in [2.45, 2.75) is 367 Å². The highest BCUT2D eigenvalue weighted by molar-refractivity contribution is 7.47. The zero-order valence-electron chi connectivity index (χ0n) is 52.6. The van der Waals surface area contributed by atoms with Crippen molar-refractivity contribution in [3.63, 3.8) is 0 Å². The molecule has 0 fully saturated rings. The van der Waals surface area contributed by atoms with E-state index in [9.17, 15) is 28.9 Å². The fourth-order valence-electron chi connectivity index (χ4n) is 10.1. The van der Waals surface area contributed by atoms with Crippen molar-refractivity contribution in [3.8, 4) is 0 Å². The summed E-state index contributed by atoms with van der Waals surface area (Å²) in [5, 5.41) is 9.87. The molecule has 0 aliphatic heterocycles. The van der Waals surface area contributed by atoms with E-state index in [0.29, 0.717) is 19.3 Å². The van der Waals surface area contributed by atoms with Crippen molar-refractivity contribution in [2.75, 3.05) is 26.4 Å². The maximum absolute atomic E-state index is 13.0. The van der Waals surface area contributed by atoms with Crippen LogP contribution in [0.2, 0.25) is 0 Å². The van der Waals surface area contributed by atoms with Gasteiger partial charge in [-0.2, -0.15) is 0 Å². The number of phosphoric ester groups is 1. The van der Waals surface area contributed by atoms with E-state index in [-0.39, 0.29) is 25.9 Å². The van der Waals surface area contributed by atoms with Crippen LogP contribution in [0.25, 0.3) is 0 Å². The van der Waals surface area contributed by atoms with Crippen LogP contribution in [-0.4, -0.2) is 66.5 Å². The Morgan fingerprint density at radius 2 is 0.575 bits per heavy atom. The molecular weight excluding hydrogens is 1020 g/mol. The minimum absolute atomic E-state index is 0.174. The number of hydrogen-bond donors (Lipinski definition) is 2. The van der Waals surface area contributed by atoms with Gasteiger partial charge in [-0.1, -0.05) is 289 Å². The number of allylic oxidation sites excluding steroid dienone is 4. The summed E-state index contributed by atoms with van der Waals surface area (Å²) in [5.41, 5.74) is 0. The Labute approximate surface area is 493 Å². The van der Waals surface area contributed by atoms with Gasteiger partial charge in [0, 0.05) is 19.3 Å². The van der Waals surface area contributed by atoms with Crippen LogP contribution in [0.5, 0.6) is 0 Å². The van der Waals surface area contributed by atoms with Crippen LogP contribution in [0, 0.1) is 0 Å². The van der Waals surface area contributed by atoms with Crippen molar-refractivity contribution in [2.24, 2.45) is 0 Å². The van der Waals surface area contributed by atoms with E-state index in [1.807, 2.05) is 0 Å². The van der Waals surface area contributed by atoms with E-state index in [1.54, 1.807) is 0 Å². The first kappa shape index (κ1) is 78.0. The van der Waals surface area contributed by atoms with Gasteiger partial charge in [-0.05, 0) is 70.6 Å². The lowest BCUT2D eigenvalue weighted by Crippen LogP contribution is -2.30. The number of rotatable bonds is 65. The number of carbonyl (C=O) groups is 3. The molecule has 0 aliphatic carbocycles. The fourth-order valence-corrected chi connectivity index (χ4v) is 10.9. The highest BCUT2D eigenvalue weighted by Gasteiger charge is 2.28. The first-order valence-electron chi connectivity index (χ1n) is 34.2. The Kier molecular flexibility index (Phi) is 61.4. The maximum atomic E-state index is 13.0. The quantitative estimate of drug-likeness (QED) is 0.0197. The van der Waals surface area contributed by atoms with Gasteiger partial charge in [-0.3, -0.25) is 23.4 Å². The van der Waals surface area contributed by atoms with Crippen molar-refractivity contribution in [1.29, 1.82) is 0 Å². The first-order valence-corrected chi connectivity index (χ1v) is 35.7. The molecule has 0 bridgehead atoms. The van der Waals surface area contributed by atoms with E-state index in [4.69, 9.17) is 23.3 Å². The minimum Gasteiger partial charge on any atom is -0.462 e. The summed E-state index contributed by atoms with van der Waals surface area (Å²) in [6.07, 6.45) is 67.0. The number of esters is 3. The van der Waals surface area contributed by atoms with Gasteiger partial charge >= 0.3 is 25.7 Å². The van der Waals surface area contributed by atoms with Gasteiger partial charge in [-0.15, -0.1) is 0 Å². The molecule has 80 heavy (non-hydrogen) atoms. The lowest BCUT2D eigenvalue weighted by atomic mass is 10.0. The lowest BCUT2D eigenvalue weighted by molar-refractivity contribution is -0.161. The topological polar surface area (TPSA) is 155 Å². The van der Waals surface area contributed by atoms with Crippen LogP contribution in [-0.2, 0) is 42.2 Å². The van der Waals surface area contributed by atoms with E-state index >= 15 is 0 Å². The lowest BCUT2D eigenvalue weighted by Gasteiger charge is -2.21. The fraction of sp³-hybridized carbons (Fsp3) is 0.897. The summed E-state index contributed by atoms with van der Waals surface area (Å²) in [7, 11) is -4.75. The predicted octanol–water partition coefficient (Wildman–Crippen LogP) is 20.9. The summed E-state index contributed by atoms with van der Waals surface area (Å²) in [5.74, 6) is -1.44. The normalized spacial score (nSPS) is 13.3. The molecule has 472 valence electrons. The van der Waals surface area contributed by atoms with Crippen LogP contribution in [0.4, 0.5) is 0 Å². The molecule has 0 aromatic rings. The number of ether oxygens (including phenoxy) is 3. The molecule has 0 aliphatic rings. The highest BCUT2D eigenvalue weighted by Crippen LogP contribution is 2.43. The maximum Gasteiger partial charge on any atom is 0.472 e. The average Bonchev–Trinajstić information content (AvgIpc) is 3.45. The summed E-state index contributed by atoms with van der Waals surface area (Å²) >= 11 is 0. The van der Waals surface area contributed by atoms with Crippen LogP contribution in [0.15, 0.2) is 24.3 Å². The average molecular weight is 1150 g/mol. The monoisotopic (exact) mass is 1150 g/mol. The number of aliphatic hydroxyl groups is 1. The molecule has 11 nitrogen and oxygen atoms in total. The highest BCUT2D eigenvalue weighted by atomic mass is 31.2. The first-order chi connectivity index (χ1) is 39.2. The van der Waals surface area contributed by atoms with Gasteiger partial charge in [0.2, 0.25) is 0 Å². The smallest absolute Gasteiger partial charge is 0.462 e. The Morgan fingerprint density at radius 1 is 0.338 bits per heavy atom. The molecular formula is C68H129O11P. The van der Waals surface area contributed by atoms with Gasteiger partial charge < -0.3 is 24.2 Å². The summed E-state index contributed by atoms with van der Waals surface area (Å²) < 4.78 is 39.8. The Morgan fingerprint density at radius 3 is 0.863 bits per heavy atom. The van der Waals surface area contributed by atoms with E-state index in [2.05, 4.69) is 45.1 Å². The molecule has 0 aromatic carbocycles. The molecule has 0 rings (SSSR count). The molecule has 3 unspecified atom stereocenters. The molecule has 12 heteroatoms. The van der Waals surface area contributed by atoms with E-state index in [0.717, 1.165) is 70.6 Å². The summed E-state index contributed by atoms with van der Waals surface area (Å²) in [6.45, 7) is 4.72. The number of phosphoric acid groups is 1. The second-order valence-electron chi connectivity index (χ2n) is 23.3. The largest absolute Gasteiger partial charge is 0.472 e. The van der Waals surface area contributed by atoms with Gasteiger partial charge in [0.1, 0.15) is 12.7 Å². The Hall–Kier alpha value is -2.04. The molecule has 0 saturated heterocycles. The summed E-state index contributed by atoms with van der Waals surface area (Å²) in [4.78, 5) is 48.8. The predicted molar refractivity (Wildman–Crippen MR) is 335 cm³/mol. The molecule has 0 aromatic heterocycles. The second-order valence-corrected chi connectivity index (χ2v) is 24.8. The zero-order valence-corrected chi connectivity index (χ0v) is 53.5. The minimum atomic E-state index is -4.75. The standard InChI is InChI=1S/C68H129O11P/c1-4-7-10-13-16-19-22-25-28-31-32-35-38-41-44-47-50-53-56-59-68(72)79-65(61-75-66(70)57-54-51-48-45-42-39-36-33-29-26-23-20-17-14-11-8-5-2)63-77-80(73,74)76-62-64(60-69)78-67(71)58-55-52-49-46-43-40-37-34-30-27-24-21-18-15-12-9-6-3/h26-27,29-30,64-65,69H,4-25,28,31-63H2,1-3H3,(H,73,74)/b29-26-,30-27-. The van der Waals surface area contributed by atoms with E-state index < -0.39 is 57.8 Å².